The second-order valence-electron chi connectivity index (χ2n) is 6.55. The Morgan fingerprint density at radius 1 is 1.28 bits per heavy atom. The number of hydrogen-bond acceptors (Lipinski definition) is 3. The molecule has 0 saturated heterocycles. The Morgan fingerprint density at radius 3 is 2.52 bits per heavy atom. The highest BCUT2D eigenvalue weighted by Gasteiger charge is 2.34. The molecule has 1 atom stereocenters. The fourth-order valence-electron chi connectivity index (χ4n) is 3.35. The standard InChI is InChI=1S/C19H29N3O2.ClH/c1-4-13-7-8-16-15(11-13)14(17(23)22-16)9-10-21-18(24)19(5-2,6-3)12-20;/h7-8,11,14H,4-6,9-10,12,20H2,1-3H3,(H,21,24)(H,22,23);1H. The van der Waals surface area contributed by atoms with Crippen molar-refractivity contribution in [2.24, 2.45) is 11.1 Å². The van der Waals surface area contributed by atoms with Crippen LogP contribution < -0.4 is 16.4 Å². The number of carbonyl (C=O) groups is 2. The third-order valence-electron chi connectivity index (χ3n) is 5.42. The summed E-state index contributed by atoms with van der Waals surface area (Å²) in [6, 6.07) is 6.11. The van der Waals surface area contributed by atoms with E-state index in [1.165, 1.54) is 5.56 Å². The lowest BCUT2D eigenvalue weighted by atomic mass is 9.81. The monoisotopic (exact) mass is 367 g/mol. The van der Waals surface area contributed by atoms with Crippen LogP contribution in [0, 0.1) is 5.41 Å². The molecule has 5 nitrogen and oxygen atoms in total. The van der Waals surface area contributed by atoms with Crippen LogP contribution in [-0.2, 0) is 16.0 Å². The molecule has 0 bridgehead atoms. The van der Waals surface area contributed by atoms with Gasteiger partial charge in [-0.2, -0.15) is 0 Å². The summed E-state index contributed by atoms with van der Waals surface area (Å²) in [6.45, 7) is 6.90. The van der Waals surface area contributed by atoms with Crippen molar-refractivity contribution in [3.8, 4) is 0 Å². The molecule has 2 amide bonds. The second kappa shape index (κ2) is 9.20. The Bertz CT molecular complexity index is 606. The smallest absolute Gasteiger partial charge is 0.232 e. The SMILES string of the molecule is CCc1ccc2c(c1)C(CCNC(=O)C(CC)(CC)CN)C(=O)N2.Cl. The van der Waals surface area contributed by atoms with Gasteiger partial charge in [-0.15, -0.1) is 12.4 Å². The first kappa shape index (κ1) is 21.5. The number of rotatable bonds is 8. The van der Waals surface area contributed by atoms with E-state index in [1.807, 2.05) is 26.0 Å². The maximum atomic E-state index is 12.5. The summed E-state index contributed by atoms with van der Waals surface area (Å²) in [5, 5.41) is 5.91. The van der Waals surface area contributed by atoms with E-state index in [-0.39, 0.29) is 30.1 Å². The van der Waals surface area contributed by atoms with Crippen LogP contribution in [0.4, 0.5) is 5.69 Å². The number of halogens is 1. The lowest BCUT2D eigenvalue weighted by molar-refractivity contribution is -0.131. The van der Waals surface area contributed by atoms with Crippen LogP contribution >= 0.6 is 12.4 Å². The van der Waals surface area contributed by atoms with Crippen molar-refractivity contribution in [1.82, 2.24) is 5.32 Å². The van der Waals surface area contributed by atoms with Gasteiger partial charge in [0.1, 0.15) is 0 Å². The van der Waals surface area contributed by atoms with E-state index in [0.29, 0.717) is 19.5 Å². The normalized spacial score (nSPS) is 16.0. The molecular formula is C19H30ClN3O2. The van der Waals surface area contributed by atoms with Gasteiger partial charge in [0, 0.05) is 18.8 Å². The molecule has 0 radical (unpaired) electrons. The van der Waals surface area contributed by atoms with Gasteiger partial charge in [-0.3, -0.25) is 9.59 Å². The number of amides is 2. The number of nitrogens with one attached hydrogen (secondary N) is 2. The molecule has 6 heteroatoms. The Labute approximate surface area is 156 Å². The van der Waals surface area contributed by atoms with Crippen LogP contribution in [0.1, 0.15) is 57.1 Å². The number of anilines is 1. The molecule has 25 heavy (non-hydrogen) atoms. The molecule has 140 valence electrons. The minimum Gasteiger partial charge on any atom is -0.356 e. The van der Waals surface area contributed by atoms with Crippen molar-refractivity contribution in [1.29, 1.82) is 0 Å². The molecule has 1 aliphatic heterocycles. The number of fused-ring (bicyclic) bond motifs is 1. The number of aryl methyl sites for hydroxylation is 1. The minimum absolute atomic E-state index is 0. The molecule has 0 spiro atoms. The number of benzene rings is 1. The fraction of sp³-hybridized carbons (Fsp3) is 0.579. The van der Waals surface area contributed by atoms with Gasteiger partial charge in [-0.05, 0) is 42.9 Å². The summed E-state index contributed by atoms with van der Waals surface area (Å²) in [5.74, 6) is -0.179. The predicted octanol–water partition coefficient (Wildman–Crippen LogP) is 2.98. The average molecular weight is 368 g/mol. The minimum atomic E-state index is -0.495. The summed E-state index contributed by atoms with van der Waals surface area (Å²) < 4.78 is 0. The lowest BCUT2D eigenvalue weighted by Crippen LogP contribution is -2.45. The van der Waals surface area contributed by atoms with E-state index in [0.717, 1.165) is 30.5 Å². The second-order valence-corrected chi connectivity index (χ2v) is 6.55. The third kappa shape index (κ3) is 4.33. The fourth-order valence-corrected chi connectivity index (χ4v) is 3.35. The first-order chi connectivity index (χ1) is 11.5. The number of nitrogens with two attached hydrogens (primary N) is 1. The van der Waals surface area contributed by atoms with E-state index in [2.05, 4.69) is 23.6 Å². The van der Waals surface area contributed by atoms with E-state index in [4.69, 9.17) is 5.73 Å². The summed E-state index contributed by atoms with van der Waals surface area (Å²) in [6.07, 6.45) is 2.99. The van der Waals surface area contributed by atoms with Crippen LogP contribution in [0.3, 0.4) is 0 Å². The van der Waals surface area contributed by atoms with E-state index >= 15 is 0 Å². The highest BCUT2D eigenvalue weighted by Crippen LogP contribution is 2.35. The molecule has 0 aromatic heterocycles. The van der Waals surface area contributed by atoms with Crippen LogP contribution in [0.2, 0.25) is 0 Å². The molecule has 4 N–H and O–H groups in total. The Hall–Kier alpha value is -1.59. The third-order valence-corrected chi connectivity index (χ3v) is 5.42. The van der Waals surface area contributed by atoms with Crippen LogP contribution in [0.15, 0.2) is 18.2 Å². The van der Waals surface area contributed by atoms with Crippen molar-refractivity contribution in [2.75, 3.05) is 18.4 Å². The average Bonchev–Trinajstić information content (AvgIpc) is 2.91. The molecule has 1 aromatic carbocycles. The number of carbonyl (C=O) groups excluding carboxylic acids is 2. The lowest BCUT2D eigenvalue weighted by Gasteiger charge is -2.28. The molecule has 1 unspecified atom stereocenters. The van der Waals surface area contributed by atoms with E-state index < -0.39 is 5.41 Å². The molecule has 1 heterocycles. The Morgan fingerprint density at radius 2 is 1.96 bits per heavy atom. The van der Waals surface area contributed by atoms with Gasteiger partial charge in [-0.25, -0.2) is 0 Å². The largest absolute Gasteiger partial charge is 0.356 e. The van der Waals surface area contributed by atoms with Gasteiger partial charge in [0.15, 0.2) is 0 Å². The number of hydrogen-bond donors (Lipinski definition) is 3. The van der Waals surface area contributed by atoms with Gasteiger partial charge < -0.3 is 16.4 Å². The van der Waals surface area contributed by atoms with Gasteiger partial charge >= 0.3 is 0 Å². The molecule has 1 aliphatic rings. The van der Waals surface area contributed by atoms with Crippen molar-refractivity contribution < 1.29 is 9.59 Å². The van der Waals surface area contributed by atoms with Crippen LogP contribution in [-0.4, -0.2) is 24.9 Å². The first-order valence-electron chi connectivity index (χ1n) is 8.93. The van der Waals surface area contributed by atoms with E-state index in [1.54, 1.807) is 0 Å². The first-order valence-corrected chi connectivity index (χ1v) is 8.93. The van der Waals surface area contributed by atoms with Crippen molar-refractivity contribution in [3.05, 3.63) is 29.3 Å². The van der Waals surface area contributed by atoms with Crippen molar-refractivity contribution in [3.63, 3.8) is 0 Å². The zero-order valence-corrected chi connectivity index (χ0v) is 16.2. The van der Waals surface area contributed by atoms with Gasteiger partial charge in [0.2, 0.25) is 11.8 Å². The predicted molar refractivity (Wildman–Crippen MR) is 104 cm³/mol. The van der Waals surface area contributed by atoms with Crippen LogP contribution in [0.5, 0.6) is 0 Å². The van der Waals surface area contributed by atoms with Crippen molar-refractivity contribution >= 4 is 29.9 Å². The Balaban J connectivity index is 0.00000312. The summed E-state index contributed by atoms with van der Waals surface area (Å²) in [7, 11) is 0. The van der Waals surface area contributed by atoms with Crippen molar-refractivity contribution in [2.45, 2.75) is 52.4 Å². The molecule has 0 aliphatic carbocycles. The topological polar surface area (TPSA) is 84.2 Å². The summed E-state index contributed by atoms with van der Waals surface area (Å²) in [4.78, 5) is 24.7. The highest BCUT2D eigenvalue weighted by molar-refractivity contribution is 6.03. The maximum absolute atomic E-state index is 12.5. The molecule has 0 saturated carbocycles. The van der Waals surface area contributed by atoms with Gasteiger partial charge in [0.25, 0.3) is 0 Å². The van der Waals surface area contributed by atoms with Gasteiger partial charge in [0.05, 0.1) is 11.3 Å². The summed E-state index contributed by atoms with van der Waals surface area (Å²) >= 11 is 0. The van der Waals surface area contributed by atoms with Gasteiger partial charge in [-0.1, -0.05) is 32.9 Å². The molecular weight excluding hydrogens is 338 g/mol. The molecule has 2 rings (SSSR count). The molecule has 1 aromatic rings. The maximum Gasteiger partial charge on any atom is 0.232 e. The summed E-state index contributed by atoms with van der Waals surface area (Å²) in [5.41, 5.74) is 8.48. The quantitative estimate of drug-likeness (QED) is 0.660. The molecule has 0 fully saturated rings. The van der Waals surface area contributed by atoms with E-state index in [9.17, 15) is 9.59 Å². The zero-order valence-electron chi connectivity index (χ0n) is 15.4. The van der Waals surface area contributed by atoms with Crippen LogP contribution in [0.25, 0.3) is 0 Å². The highest BCUT2D eigenvalue weighted by atomic mass is 35.5. The zero-order chi connectivity index (χ0) is 17.7. The Kier molecular flexibility index (Phi) is 7.90.